The van der Waals surface area contributed by atoms with Gasteiger partial charge in [-0.15, -0.1) is 0 Å². The van der Waals surface area contributed by atoms with Crippen molar-refractivity contribution in [1.82, 2.24) is 4.98 Å². The third-order valence-corrected chi connectivity index (χ3v) is 5.32. The number of nitrogens with one attached hydrogen (secondary N) is 1. The molecule has 1 aliphatic carbocycles. The highest BCUT2D eigenvalue weighted by atomic mass is 16.2. The summed E-state index contributed by atoms with van der Waals surface area (Å²) in [4.78, 5) is 16.6. The molecule has 26 heavy (non-hydrogen) atoms. The van der Waals surface area contributed by atoms with Crippen LogP contribution in [0.2, 0.25) is 0 Å². The first-order chi connectivity index (χ1) is 12.5. The Bertz CT molecular complexity index is 1030. The maximum absolute atomic E-state index is 12.2. The second kappa shape index (κ2) is 6.10. The number of hydrogen-bond donors (Lipinski definition) is 1. The molecule has 1 aromatic heterocycles. The number of carbonyl (C=O) groups excluding carboxylic acids is 1. The number of anilines is 1. The van der Waals surface area contributed by atoms with E-state index in [0.29, 0.717) is 5.82 Å². The number of fused-ring (bicyclic) bond motifs is 1. The average molecular weight is 342 g/mol. The normalized spacial score (nSPS) is 14.8. The van der Waals surface area contributed by atoms with Crippen LogP contribution in [0.3, 0.4) is 0 Å². The predicted molar refractivity (Wildman–Crippen MR) is 108 cm³/mol. The van der Waals surface area contributed by atoms with Crippen LogP contribution in [0.4, 0.5) is 5.82 Å². The molecule has 3 nitrogen and oxygen atoms in total. The van der Waals surface area contributed by atoms with E-state index in [-0.39, 0.29) is 11.3 Å². The van der Waals surface area contributed by atoms with Crippen molar-refractivity contribution >= 4 is 28.6 Å². The van der Waals surface area contributed by atoms with Crippen LogP contribution in [0.25, 0.3) is 28.0 Å². The largest absolute Gasteiger partial charge is 0.310 e. The van der Waals surface area contributed by atoms with E-state index in [4.69, 9.17) is 0 Å². The molecule has 0 spiro atoms. The lowest BCUT2D eigenvalue weighted by molar-refractivity contribution is -0.120. The molecule has 1 N–H and O–H groups in total. The third-order valence-electron chi connectivity index (χ3n) is 5.32. The first-order valence-electron chi connectivity index (χ1n) is 8.93. The standard InChI is InChI=1S/C23H22N2O/c1-4-16-6-5-15(2)20(11-16)18-8-7-17-13-21(24-14-19(17)12-18)25-22(26)23(3)9-10-23/h4-8,11-14H,1,9-10H2,2-3H3,(H,24,25,26). The summed E-state index contributed by atoms with van der Waals surface area (Å²) in [6, 6.07) is 14.6. The first kappa shape index (κ1) is 16.5. The second-order valence-corrected chi connectivity index (χ2v) is 7.42. The van der Waals surface area contributed by atoms with Crippen molar-refractivity contribution in [3.05, 3.63) is 66.4 Å². The molecule has 0 unspecified atom stereocenters. The quantitative estimate of drug-likeness (QED) is 0.671. The van der Waals surface area contributed by atoms with Crippen LogP contribution in [0.15, 0.2) is 55.2 Å². The average Bonchev–Trinajstić information content (AvgIpc) is 3.41. The van der Waals surface area contributed by atoms with Gasteiger partial charge in [-0.1, -0.05) is 43.8 Å². The van der Waals surface area contributed by atoms with Gasteiger partial charge in [-0.3, -0.25) is 4.79 Å². The summed E-state index contributed by atoms with van der Waals surface area (Å²) in [5.41, 5.74) is 4.49. The van der Waals surface area contributed by atoms with Gasteiger partial charge in [0, 0.05) is 17.0 Å². The number of amides is 1. The number of aromatic nitrogens is 1. The summed E-state index contributed by atoms with van der Waals surface area (Å²) in [6.45, 7) is 7.96. The number of carbonyl (C=O) groups is 1. The van der Waals surface area contributed by atoms with E-state index in [1.807, 2.05) is 25.3 Å². The number of rotatable bonds is 4. The van der Waals surface area contributed by atoms with Gasteiger partial charge in [-0.2, -0.15) is 0 Å². The van der Waals surface area contributed by atoms with Crippen LogP contribution in [-0.2, 0) is 4.79 Å². The van der Waals surface area contributed by atoms with Crippen LogP contribution >= 0.6 is 0 Å². The summed E-state index contributed by atoms with van der Waals surface area (Å²) in [6.07, 6.45) is 5.61. The molecule has 4 rings (SSSR count). The van der Waals surface area contributed by atoms with Crippen molar-refractivity contribution in [2.45, 2.75) is 26.7 Å². The van der Waals surface area contributed by atoms with Crippen LogP contribution in [0, 0.1) is 12.3 Å². The molecule has 1 saturated carbocycles. The maximum Gasteiger partial charge on any atom is 0.231 e. The highest BCUT2D eigenvalue weighted by molar-refractivity contribution is 5.98. The van der Waals surface area contributed by atoms with Crippen molar-refractivity contribution in [2.24, 2.45) is 5.41 Å². The van der Waals surface area contributed by atoms with Crippen molar-refractivity contribution < 1.29 is 4.79 Å². The molecule has 0 atom stereocenters. The Kier molecular flexibility index (Phi) is 3.87. The second-order valence-electron chi connectivity index (χ2n) is 7.42. The molecular weight excluding hydrogens is 320 g/mol. The topological polar surface area (TPSA) is 42.0 Å². The van der Waals surface area contributed by atoms with E-state index in [1.165, 1.54) is 11.1 Å². The minimum atomic E-state index is -0.200. The highest BCUT2D eigenvalue weighted by Gasteiger charge is 2.44. The minimum absolute atomic E-state index is 0.0674. The first-order valence-corrected chi connectivity index (χ1v) is 8.93. The van der Waals surface area contributed by atoms with Gasteiger partial charge in [0.1, 0.15) is 5.82 Å². The lowest BCUT2D eigenvalue weighted by atomic mass is 9.96. The monoisotopic (exact) mass is 342 g/mol. The minimum Gasteiger partial charge on any atom is -0.310 e. The zero-order valence-corrected chi connectivity index (χ0v) is 15.2. The Morgan fingerprint density at radius 1 is 1.15 bits per heavy atom. The molecule has 1 amide bonds. The van der Waals surface area contributed by atoms with Crippen molar-refractivity contribution in [3.8, 4) is 11.1 Å². The van der Waals surface area contributed by atoms with Gasteiger partial charge in [0.2, 0.25) is 5.91 Å². The summed E-state index contributed by atoms with van der Waals surface area (Å²) in [7, 11) is 0. The predicted octanol–water partition coefficient (Wildman–Crippen LogP) is 5.59. The molecule has 3 aromatic rings. The van der Waals surface area contributed by atoms with Gasteiger partial charge in [-0.05, 0) is 65.6 Å². The van der Waals surface area contributed by atoms with Crippen LogP contribution in [-0.4, -0.2) is 10.9 Å². The maximum atomic E-state index is 12.2. The van der Waals surface area contributed by atoms with Gasteiger partial charge in [0.15, 0.2) is 0 Å². The fourth-order valence-electron chi connectivity index (χ4n) is 3.14. The fourth-order valence-corrected chi connectivity index (χ4v) is 3.14. The smallest absolute Gasteiger partial charge is 0.231 e. The van der Waals surface area contributed by atoms with Crippen molar-refractivity contribution in [3.63, 3.8) is 0 Å². The fraction of sp³-hybridized carbons (Fsp3) is 0.217. The summed E-state index contributed by atoms with van der Waals surface area (Å²) >= 11 is 0. The molecular formula is C23H22N2O. The molecule has 0 radical (unpaired) electrons. The summed E-state index contributed by atoms with van der Waals surface area (Å²) < 4.78 is 0. The van der Waals surface area contributed by atoms with Crippen molar-refractivity contribution in [2.75, 3.05) is 5.32 Å². The van der Waals surface area contributed by atoms with E-state index < -0.39 is 0 Å². The molecule has 0 bridgehead atoms. The Balaban J connectivity index is 1.67. The number of benzene rings is 2. The molecule has 1 fully saturated rings. The zero-order chi connectivity index (χ0) is 18.3. The van der Waals surface area contributed by atoms with E-state index in [1.54, 1.807) is 0 Å². The lowest BCUT2D eigenvalue weighted by Crippen LogP contribution is -2.21. The van der Waals surface area contributed by atoms with Gasteiger partial charge in [-0.25, -0.2) is 4.98 Å². The van der Waals surface area contributed by atoms with Gasteiger partial charge in [0.05, 0.1) is 0 Å². The van der Waals surface area contributed by atoms with E-state index in [0.717, 1.165) is 34.7 Å². The van der Waals surface area contributed by atoms with Gasteiger partial charge >= 0.3 is 0 Å². The zero-order valence-electron chi connectivity index (χ0n) is 15.2. The molecule has 1 heterocycles. The van der Waals surface area contributed by atoms with E-state index in [2.05, 4.69) is 60.2 Å². The van der Waals surface area contributed by atoms with Crippen molar-refractivity contribution in [1.29, 1.82) is 0 Å². The number of hydrogen-bond acceptors (Lipinski definition) is 2. The molecule has 0 saturated heterocycles. The number of nitrogens with zero attached hydrogens (tertiary/aromatic N) is 1. The van der Waals surface area contributed by atoms with Crippen LogP contribution < -0.4 is 5.32 Å². The lowest BCUT2D eigenvalue weighted by Gasteiger charge is -2.11. The SMILES string of the molecule is C=Cc1ccc(C)c(-c2ccc3cc(NC(=O)C4(C)CC4)ncc3c2)c1. The van der Waals surface area contributed by atoms with E-state index >= 15 is 0 Å². The Hall–Kier alpha value is -2.94. The highest BCUT2D eigenvalue weighted by Crippen LogP contribution is 2.45. The molecule has 1 aliphatic rings. The van der Waals surface area contributed by atoms with Gasteiger partial charge < -0.3 is 5.32 Å². The van der Waals surface area contributed by atoms with E-state index in [9.17, 15) is 4.79 Å². The van der Waals surface area contributed by atoms with Gasteiger partial charge in [0.25, 0.3) is 0 Å². The number of pyridine rings is 1. The Morgan fingerprint density at radius 3 is 2.69 bits per heavy atom. The Labute approximate surface area is 153 Å². The molecule has 0 aliphatic heterocycles. The Morgan fingerprint density at radius 2 is 1.96 bits per heavy atom. The number of aryl methyl sites for hydroxylation is 1. The third kappa shape index (κ3) is 3.01. The summed E-state index contributed by atoms with van der Waals surface area (Å²) in [5, 5.41) is 5.07. The summed E-state index contributed by atoms with van der Waals surface area (Å²) in [5.74, 6) is 0.686. The van der Waals surface area contributed by atoms with Crippen LogP contribution in [0.1, 0.15) is 30.9 Å². The molecule has 130 valence electrons. The molecule has 3 heteroatoms. The molecule has 2 aromatic carbocycles. The van der Waals surface area contributed by atoms with Crippen LogP contribution in [0.5, 0.6) is 0 Å².